The van der Waals surface area contributed by atoms with E-state index in [0.717, 1.165) is 18.5 Å². The van der Waals surface area contributed by atoms with Crippen molar-refractivity contribution in [1.82, 2.24) is 0 Å². The van der Waals surface area contributed by atoms with Crippen molar-refractivity contribution in [3.8, 4) is 0 Å². The Hall–Kier alpha value is -1.94. The van der Waals surface area contributed by atoms with Gasteiger partial charge in [-0.1, -0.05) is 59.1 Å². The Morgan fingerprint density at radius 1 is 0.962 bits per heavy atom. The van der Waals surface area contributed by atoms with Gasteiger partial charge in [0.05, 0.1) is 26.4 Å². The Bertz CT molecular complexity index is 1050. The molecule has 132 valence electrons. The molecule has 0 heterocycles. The Balaban J connectivity index is 1.78. The normalized spacial score (nSPS) is 13.5. The van der Waals surface area contributed by atoms with Crippen molar-refractivity contribution < 1.29 is 0 Å². The van der Waals surface area contributed by atoms with Crippen LogP contribution in [0.1, 0.15) is 11.1 Å². The van der Waals surface area contributed by atoms with Crippen LogP contribution in [0.4, 0.5) is 11.4 Å². The molecule has 0 saturated carbocycles. The molecule has 1 aliphatic carbocycles. The van der Waals surface area contributed by atoms with Crippen molar-refractivity contribution in [3.63, 3.8) is 0 Å². The Morgan fingerprint density at radius 3 is 2.46 bits per heavy atom. The number of halogens is 3. The third-order valence-electron chi connectivity index (χ3n) is 4.81. The van der Waals surface area contributed by atoms with E-state index in [0.29, 0.717) is 16.7 Å². The van der Waals surface area contributed by atoms with Gasteiger partial charge in [0, 0.05) is 12.4 Å². The molecule has 0 aliphatic heterocycles. The fourth-order valence-electron chi connectivity index (χ4n) is 3.45. The predicted octanol–water partition coefficient (Wildman–Crippen LogP) is 5.98. The minimum atomic E-state index is 0.273. The van der Waals surface area contributed by atoms with Crippen LogP contribution in [0.15, 0.2) is 47.5 Å². The van der Waals surface area contributed by atoms with Crippen LogP contribution >= 0.6 is 34.8 Å². The number of aryl methyl sites for hydroxylation is 2. The van der Waals surface area contributed by atoms with Gasteiger partial charge in [-0.15, -0.1) is 0 Å². The average Bonchev–Trinajstić information content (AvgIpc) is 3.07. The van der Waals surface area contributed by atoms with Gasteiger partial charge in [-0.25, -0.2) is 4.99 Å². The molecule has 0 aromatic heterocycles. The van der Waals surface area contributed by atoms with Crippen LogP contribution in [-0.2, 0) is 12.8 Å². The van der Waals surface area contributed by atoms with Crippen LogP contribution in [0.5, 0.6) is 0 Å². The van der Waals surface area contributed by atoms with Gasteiger partial charge in [-0.2, -0.15) is 0 Å². The van der Waals surface area contributed by atoms with Crippen LogP contribution in [0.25, 0.3) is 10.8 Å². The van der Waals surface area contributed by atoms with Crippen molar-refractivity contribution >= 4 is 62.9 Å². The number of nitrogens with zero attached hydrogens (tertiary/aromatic N) is 2. The number of guanidine groups is 1. The smallest absolute Gasteiger partial charge is 0.200 e. The first kappa shape index (κ1) is 17.5. The van der Waals surface area contributed by atoms with Crippen molar-refractivity contribution in [3.05, 3.63) is 68.7 Å². The van der Waals surface area contributed by atoms with Crippen molar-refractivity contribution in [2.45, 2.75) is 12.8 Å². The summed E-state index contributed by atoms with van der Waals surface area (Å²) in [5.74, 6) is 0.323. The lowest BCUT2D eigenvalue weighted by molar-refractivity contribution is 1.02. The monoisotopic (exact) mass is 403 g/mol. The molecule has 4 rings (SSSR count). The summed E-state index contributed by atoms with van der Waals surface area (Å²) in [6, 6.07) is 14.0. The van der Waals surface area contributed by atoms with Gasteiger partial charge in [0.25, 0.3) is 0 Å². The van der Waals surface area contributed by atoms with Crippen LogP contribution in [-0.4, -0.2) is 13.0 Å². The van der Waals surface area contributed by atoms with Crippen LogP contribution in [0, 0.1) is 0 Å². The highest BCUT2D eigenvalue weighted by Crippen LogP contribution is 2.38. The summed E-state index contributed by atoms with van der Waals surface area (Å²) in [4.78, 5) is 6.31. The van der Waals surface area contributed by atoms with E-state index in [9.17, 15) is 0 Å². The predicted molar refractivity (Wildman–Crippen MR) is 113 cm³/mol. The summed E-state index contributed by atoms with van der Waals surface area (Å²) in [5.41, 5.74) is 10.5. The summed E-state index contributed by atoms with van der Waals surface area (Å²) >= 11 is 18.3. The van der Waals surface area contributed by atoms with Gasteiger partial charge in [0.15, 0.2) is 0 Å². The zero-order chi connectivity index (χ0) is 18.4. The second-order valence-corrected chi connectivity index (χ2v) is 7.47. The van der Waals surface area contributed by atoms with Crippen molar-refractivity contribution in [2.75, 3.05) is 11.9 Å². The van der Waals surface area contributed by atoms with E-state index in [2.05, 4.69) is 35.3 Å². The highest BCUT2D eigenvalue weighted by molar-refractivity contribution is 6.49. The third kappa shape index (κ3) is 2.81. The van der Waals surface area contributed by atoms with Crippen LogP contribution in [0.3, 0.4) is 0 Å². The fourth-order valence-corrected chi connectivity index (χ4v) is 4.02. The largest absolute Gasteiger partial charge is 0.369 e. The van der Waals surface area contributed by atoms with E-state index in [1.807, 2.05) is 11.9 Å². The first-order valence-electron chi connectivity index (χ1n) is 8.22. The molecule has 0 atom stereocenters. The van der Waals surface area contributed by atoms with Gasteiger partial charge >= 0.3 is 0 Å². The van der Waals surface area contributed by atoms with Gasteiger partial charge in [-0.05, 0) is 47.6 Å². The van der Waals surface area contributed by atoms with E-state index in [1.54, 1.807) is 12.1 Å². The number of benzene rings is 3. The zero-order valence-electron chi connectivity index (χ0n) is 14.1. The second-order valence-electron chi connectivity index (χ2n) is 6.31. The molecule has 3 nitrogen and oxygen atoms in total. The first-order chi connectivity index (χ1) is 12.5. The molecule has 6 heteroatoms. The SMILES string of the molecule is CN(C(N)=Nc1ccc(Cl)c(Cl)c1Cl)c1ccc2c3c(cccc13)CC2. The molecule has 0 spiro atoms. The molecule has 0 fully saturated rings. The topological polar surface area (TPSA) is 41.6 Å². The van der Waals surface area contributed by atoms with E-state index in [1.165, 1.54) is 21.9 Å². The van der Waals surface area contributed by atoms with Gasteiger partial charge in [0.1, 0.15) is 0 Å². The van der Waals surface area contributed by atoms with E-state index in [4.69, 9.17) is 40.5 Å². The quantitative estimate of drug-likeness (QED) is 0.324. The Morgan fingerprint density at radius 2 is 1.69 bits per heavy atom. The summed E-state index contributed by atoms with van der Waals surface area (Å²) in [5, 5.41) is 3.46. The van der Waals surface area contributed by atoms with E-state index in [-0.39, 0.29) is 10.0 Å². The molecule has 2 N–H and O–H groups in total. The zero-order valence-corrected chi connectivity index (χ0v) is 16.3. The number of hydrogen-bond acceptors (Lipinski definition) is 1. The second kappa shape index (κ2) is 6.66. The van der Waals surface area contributed by atoms with Crippen molar-refractivity contribution in [1.29, 1.82) is 0 Å². The summed E-state index contributed by atoms with van der Waals surface area (Å²) < 4.78 is 0. The Labute approximate surface area is 167 Å². The van der Waals surface area contributed by atoms with Crippen LogP contribution < -0.4 is 10.6 Å². The lowest BCUT2D eigenvalue weighted by Crippen LogP contribution is -2.33. The fraction of sp³-hybridized carbons (Fsp3) is 0.150. The highest BCUT2D eigenvalue weighted by atomic mass is 35.5. The molecule has 3 aromatic rings. The number of anilines is 1. The molecule has 0 amide bonds. The maximum absolute atomic E-state index is 6.26. The molecule has 0 radical (unpaired) electrons. The number of rotatable bonds is 2. The lowest BCUT2D eigenvalue weighted by Gasteiger charge is -2.21. The van der Waals surface area contributed by atoms with Crippen molar-refractivity contribution in [2.24, 2.45) is 10.7 Å². The minimum Gasteiger partial charge on any atom is -0.369 e. The summed E-state index contributed by atoms with van der Waals surface area (Å²) in [7, 11) is 1.89. The number of aliphatic imine (C=N–C) groups is 1. The summed E-state index contributed by atoms with van der Waals surface area (Å²) in [6.45, 7) is 0. The molecular weight excluding hydrogens is 389 g/mol. The van der Waals surface area contributed by atoms with E-state index < -0.39 is 0 Å². The summed E-state index contributed by atoms with van der Waals surface area (Å²) in [6.07, 6.45) is 2.17. The first-order valence-corrected chi connectivity index (χ1v) is 9.35. The molecule has 0 saturated heterocycles. The number of nitrogens with two attached hydrogens (primary N) is 1. The average molecular weight is 405 g/mol. The maximum Gasteiger partial charge on any atom is 0.200 e. The maximum atomic E-state index is 6.26. The molecular formula is C20H16Cl3N3. The lowest BCUT2D eigenvalue weighted by atomic mass is 10.0. The van der Waals surface area contributed by atoms with Gasteiger partial charge in [-0.3, -0.25) is 0 Å². The van der Waals surface area contributed by atoms with Gasteiger partial charge in [0.2, 0.25) is 5.96 Å². The molecule has 0 unspecified atom stereocenters. The van der Waals surface area contributed by atoms with E-state index >= 15 is 0 Å². The minimum absolute atomic E-state index is 0.273. The van der Waals surface area contributed by atoms with Crippen LogP contribution in [0.2, 0.25) is 15.1 Å². The molecule has 26 heavy (non-hydrogen) atoms. The highest BCUT2D eigenvalue weighted by Gasteiger charge is 2.18. The number of hydrogen-bond donors (Lipinski definition) is 1. The molecule has 0 bridgehead atoms. The third-order valence-corrected chi connectivity index (χ3v) is 6.09. The molecule has 3 aromatic carbocycles. The standard InChI is InChI=1S/C20H16Cl3N3/c1-26(20(24)25-15-9-8-14(21)18(22)19(15)23)16-10-7-12-6-5-11-3-2-4-13(16)17(11)12/h2-4,7-10H,5-6H2,1H3,(H2,24,25). The molecule has 1 aliphatic rings. The Kier molecular flexibility index (Phi) is 4.47. The van der Waals surface area contributed by atoms with Gasteiger partial charge < -0.3 is 10.6 Å².